The van der Waals surface area contributed by atoms with Crippen molar-refractivity contribution in [2.24, 2.45) is 5.92 Å². The van der Waals surface area contributed by atoms with E-state index in [0.717, 1.165) is 24.8 Å². The van der Waals surface area contributed by atoms with Gasteiger partial charge >= 0.3 is 0 Å². The van der Waals surface area contributed by atoms with Gasteiger partial charge in [-0.15, -0.1) is 0 Å². The molecule has 19 heavy (non-hydrogen) atoms. The molecule has 2 unspecified atom stereocenters. The van der Waals surface area contributed by atoms with Gasteiger partial charge in [0.25, 0.3) is 0 Å². The van der Waals surface area contributed by atoms with Crippen LogP contribution in [0.1, 0.15) is 30.4 Å². The van der Waals surface area contributed by atoms with Crippen LogP contribution in [0.25, 0.3) is 0 Å². The van der Waals surface area contributed by atoms with Crippen LogP contribution in [-0.4, -0.2) is 30.4 Å². The normalized spacial score (nSPS) is 27.1. The Morgan fingerprint density at radius 3 is 2.74 bits per heavy atom. The first-order valence-electron chi connectivity index (χ1n) is 6.74. The molecule has 1 aromatic rings. The molecule has 2 bridgehead atoms. The number of hydrogen-bond acceptors (Lipinski definition) is 3. The van der Waals surface area contributed by atoms with Crippen LogP contribution in [0.15, 0.2) is 23.1 Å². The number of nitrogens with zero attached hydrogens (tertiary/aromatic N) is 1. The molecule has 5 heteroatoms. The van der Waals surface area contributed by atoms with Gasteiger partial charge in [-0.25, -0.2) is 8.42 Å². The Kier molecular flexibility index (Phi) is 3.15. The predicted octanol–water partition coefficient (Wildman–Crippen LogP) is 1.66. The molecule has 1 aliphatic carbocycles. The number of fused-ring (bicyclic) bond motifs is 2. The first-order valence-corrected chi connectivity index (χ1v) is 8.18. The van der Waals surface area contributed by atoms with E-state index in [0.29, 0.717) is 22.9 Å². The standard InChI is InChI=1S/C14H19NO3S/c1-10-2-3-12(9-16)7-14(10)19(17,18)15-8-11-4-5-13(15)6-11/h2-3,7,11,13,16H,4-6,8-9H2,1H3. The maximum absolute atomic E-state index is 12.8. The Bertz CT molecular complexity index is 597. The largest absolute Gasteiger partial charge is 0.392 e. The number of sulfonamides is 1. The smallest absolute Gasteiger partial charge is 0.243 e. The Balaban J connectivity index is 2.00. The maximum Gasteiger partial charge on any atom is 0.243 e. The molecule has 0 radical (unpaired) electrons. The summed E-state index contributed by atoms with van der Waals surface area (Å²) in [5, 5.41) is 9.18. The van der Waals surface area contributed by atoms with Crippen molar-refractivity contribution >= 4 is 10.0 Å². The minimum Gasteiger partial charge on any atom is -0.392 e. The third-order valence-electron chi connectivity index (χ3n) is 4.38. The van der Waals surface area contributed by atoms with Crippen molar-refractivity contribution in [1.29, 1.82) is 0 Å². The Labute approximate surface area is 114 Å². The van der Waals surface area contributed by atoms with Crippen molar-refractivity contribution in [2.75, 3.05) is 6.54 Å². The third kappa shape index (κ3) is 2.10. The second-order valence-corrected chi connectivity index (χ2v) is 7.52. The van der Waals surface area contributed by atoms with Gasteiger partial charge in [0.05, 0.1) is 11.5 Å². The zero-order chi connectivity index (χ0) is 13.6. The van der Waals surface area contributed by atoms with E-state index in [2.05, 4.69) is 0 Å². The van der Waals surface area contributed by atoms with E-state index in [9.17, 15) is 13.5 Å². The molecule has 4 nitrogen and oxygen atoms in total. The van der Waals surface area contributed by atoms with Crippen molar-refractivity contribution < 1.29 is 13.5 Å². The van der Waals surface area contributed by atoms with Crippen molar-refractivity contribution in [3.8, 4) is 0 Å². The van der Waals surface area contributed by atoms with Crippen LogP contribution >= 0.6 is 0 Å². The summed E-state index contributed by atoms with van der Waals surface area (Å²) in [6.07, 6.45) is 3.16. The molecular weight excluding hydrogens is 262 g/mol. The minimum atomic E-state index is -3.41. The van der Waals surface area contributed by atoms with Crippen LogP contribution in [0.2, 0.25) is 0 Å². The SMILES string of the molecule is Cc1ccc(CO)cc1S(=O)(=O)N1CC2CCC1C2. The molecule has 1 saturated carbocycles. The number of benzene rings is 1. The molecule has 0 amide bonds. The maximum atomic E-state index is 12.8. The van der Waals surface area contributed by atoms with E-state index in [1.807, 2.05) is 6.92 Å². The van der Waals surface area contributed by atoms with Gasteiger partial charge in [0.2, 0.25) is 10.0 Å². The zero-order valence-electron chi connectivity index (χ0n) is 11.0. The fourth-order valence-electron chi connectivity index (χ4n) is 3.32. The fraction of sp³-hybridized carbons (Fsp3) is 0.571. The lowest BCUT2D eigenvalue weighted by Crippen LogP contribution is -2.37. The van der Waals surface area contributed by atoms with E-state index in [-0.39, 0.29) is 12.6 Å². The second-order valence-electron chi connectivity index (χ2n) is 5.67. The van der Waals surface area contributed by atoms with Gasteiger partial charge in [0, 0.05) is 12.6 Å². The highest BCUT2D eigenvalue weighted by atomic mass is 32.2. The average Bonchev–Trinajstić information content (AvgIpc) is 3.01. The number of aliphatic hydroxyl groups excluding tert-OH is 1. The van der Waals surface area contributed by atoms with Crippen molar-refractivity contribution in [3.05, 3.63) is 29.3 Å². The topological polar surface area (TPSA) is 57.6 Å². The highest BCUT2D eigenvalue weighted by Gasteiger charge is 2.44. The quantitative estimate of drug-likeness (QED) is 0.916. The monoisotopic (exact) mass is 281 g/mol. The van der Waals surface area contributed by atoms with Gasteiger partial charge in [0.15, 0.2) is 0 Å². The van der Waals surface area contributed by atoms with Crippen LogP contribution in [-0.2, 0) is 16.6 Å². The van der Waals surface area contributed by atoms with E-state index in [1.54, 1.807) is 22.5 Å². The highest BCUT2D eigenvalue weighted by molar-refractivity contribution is 7.89. The summed E-state index contributed by atoms with van der Waals surface area (Å²) in [7, 11) is -3.41. The lowest BCUT2D eigenvalue weighted by atomic mass is 10.1. The third-order valence-corrected chi connectivity index (χ3v) is 6.44. The first-order chi connectivity index (χ1) is 9.02. The summed E-state index contributed by atoms with van der Waals surface area (Å²) in [6, 6.07) is 5.33. The average molecular weight is 281 g/mol. The molecule has 0 aromatic heterocycles. The molecule has 1 heterocycles. The number of rotatable bonds is 3. The highest BCUT2D eigenvalue weighted by Crippen LogP contribution is 2.40. The van der Waals surface area contributed by atoms with E-state index < -0.39 is 10.0 Å². The summed E-state index contributed by atoms with van der Waals surface area (Å²) in [6.45, 7) is 2.34. The van der Waals surface area contributed by atoms with Crippen LogP contribution in [0.5, 0.6) is 0 Å². The fourth-order valence-corrected chi connectivity index (χ4v) is 5.34. The summed E-state index contributed by atoms with van der Waals surface area (Å²) in [5.74, 6) is 0.543. The van der Waals surface area contributed by atoms with Crippen LogP contribution < -0.4 is 0 Å². The Morgan fingerprint density at radius 2 is 2.16 bits per heavy atom. The summed E-state index contributed by atoms with van der Waals surface area (Å²) < 4.78 is 27.2. The number of aliphatic hydroxyl groups is 1. The molecule has 0 spiro atoms. The van der Waals surface area contributed by atoms with Gasteiger partial charge in [-0.2, -0.15) is 4.31 Å². The van der Waals surface area contributed by atoms with Crippen molar-refractivity contribution in [1.82, 2.24) is 4.31 Å². The Hall–Kier alpha value is -0.910. The predicted molar refractivity (Wildman–Crippen MR) is 72.1 cm³/mol. The molecule has 1 N–H and O–H groups in total. The van der Waals surface area contributed by atoms with Crippen molar-refractivity contribution in [2.45, 2.75) is 43.7 Å². The number of hydrogen-bond donors (Lipinski definition) is 1. The summed E-state index contributed by atoms with van der Waals surface area (Å²) >= 11 is 0. The molecule has 1 saturated heterocycles. The van der Waals surface area contributed by atoms with Crippen LogP contribution in [0.4, 0.5) is 0 Å². The molecule has 2 fully saturated rings. The van der Waals surface area contributed by atoms with Gasteiger partial charge in [-0.3, -0.25) is 0 Å². The molecule has 3 rings (SSSR count). The Morgan fingerprint density at radius 1 is 1.37 bits per heavy atom. The number of aryl methyl sites for hydroxylation is 1. The molecule has 104 valence electrons. The summed E-state index contributed by atoms with van der Waals surface area (Å²) in [5.41, 5.74) is 1.40. The minimum absolute atomic E-state index is 0.130. The van der Waals surface area contributed by atoms with Crippen molar-refractivity contribution in [3.63, 3.8) is 0 Å². The van der Waals surface area contributed by atoms with Gasteiger partial charge < -0.3 is 5.11 Å². The molecular formula is C14H19NO3S. The number of piperidine rings is 1. The van der Waals surface area contributed by atoms with E-state index >= 15 is 0 Å². The van der Waals surface area contributed by atoms with Crippen LogP contribution in [0, 0.1) is 12.8 Å². The van der Waals surface area contributed by atoms with Crippen LogP contribution in [0.3, 0.4) is 0 Å². The van der Waals surface area contributed by atoms with Gasteiger partial charge in [0.1, 0.15) is 0 Å². The summed E-state index contributed by atoms with van der Waals surface area (Å²) in [4.78, 5) is 0.353. The second kappa shape index (κ2) is 4.58. The molecule has 2 aliphatic rings. The molecule has 1 aliphatic heterocycles. The van der Waals surface area contributed by atoms with E-state index in [4.69, 9.17) is 0 Å². The van der Waals surface area contributed by atoms with Gasteiger partial charge in [-0.1, -0.05) is 12.1 Å². The lowest BCUT2D eigenvalue weighted by Gasteiger charge is -2.27. The van der Waals surface area contributed by atoms with Gasteiger partial charge in [-0.05, 0) is 49.3 Å². The molecule has 2 atom stereocenters. The first kappa shape index (κ1) is 13.1. The zero-order valence-corrected chi connectivity index (χ0v) is 11.9. The molecule has 1 aromatic carbocycles. The van der Waals surface area contributed by atoms with E-state index in [1.165, 1.54) is 0 Å². The lowest BCUT2D eigenvalue weighted by molar-refractivity contribution is 0.281.